The van der Waals surface area contributed by atoms with Crippen molar-refractivity contribution >= 4 is 60.7 Å². The van der Waals surface area contributed by atoms with E-state index >= 15 is 8.78 Å². The minimum atomic E-state index is -0.637. The highest BCUT2D eigenvalue weighted by Gasteiger charge is 2.23. The van der Waals surface area contributed by atoms with E-state index in [1.807, 2.05) is 83.8 Å². The molecule has 2 heterocycles. The molecule has 0 amide bonds. The van der Waals surface area contributed by atoms with E-state index in [1.54, 1.807) is 0 Å². The zero-order chi connectivity index (χ0) is 31.5. The van der Waals surface area contributed by atoms with Gasteiger partial charge in [0.25, 0.3) is 0 Å². The summed E-state index contributed by atoms with van der Waals surface area (Å²) in [5.74, 6) is -1.27. The van der Waals surface area contributed by atoms with Crippen LogP contribution < -0.4 is 4.90 Å². The lowest BCUT2D eigenvalue weighted by atomic mass is 10.1. The van der Waals surface area contributed by atoms with Gasteiger partial charge in [-0.25, -0.2) is 8.78 Å². The number of rotatable bonds is 5. The number of fused-ring (bicyclic) bond motifs is 6. The third-order valence-corrected chi connectivity index (χ3v) is 8.96. The minimum Gasteiger partial charge on any atom is -0.309 e. The van der Waals surface area contributed by atoms with E-state index in [9.17, 15) is 0 Å². The molecule has 0 aliphatic carbocycles. The highest BCUT2D eigenvalue weighted by Crippen LogP contribution is 2.45. The standard InChI is InChI=1S/C42H27F2N3/c43-28-24-29(44)26-33(25-28)45(32-22-23-40-37(27-32)35-17-8-9-19-38(35)46(40)30-12-3-1-4-13-30)41-21-11-18-36-34-16-7-10-20-39(34)47(42(36)41)31-14-5-2-6-15-31/h1-27H. The Kier molecular flexibility index (Phi) is 6.18. The van der Waals surface area contributed by atoms with Crippen molar-refractivity contribution < 1.29 is 8.78 Å². The maximum Gasteiger partial charge on any atom is 0.128 e. The molecule has 2 aromatic heterocycles. The van der Waals surface area contributed by atoms with Gasteiger partial charge in [0.2, 0.25) is 0 Å². The lowest BCUT2D eigenvalue weighted by Crippen LogP contribution is -2.12. The molecule has 0 bridgehead atoms. The van der Waals surface area contributed by atoms with Crippen LogP contribution in [-0.4, -0.2) is 9.13 Å². The van der Waals surface area contributed by atoms with E-state index in [0.29, 0.717) is 5.69 Å². The Morgan fingerprint density at radius 2 is 0.915 bits per heavy atom. The Labute approximate surface area is 269 Å². The van der Waals surface area contributed by atoms with E-state index in [1.165, 1.54) is 12.1 Å². The van der Waals surface area contributed by atoms with Gasteiger partial charge in [0.15, 0.2) is 0 Å². The van der Waals surface area contributed by atoms with Crippen molar-refractivity contribution in [2.45, 2.75) is 0 Å². The molecule has 9 rings (SSSR count). The van der Waals surface area contributed by atoms with Gasteiger partial charge in [-0.15, -0.1) is 0 Å². The van der Waals surface area contributed by atoms with Crippen LogP contribution in [-0.2, 0) is 0 Å². The Morgan fingerprint density at radius 1 is 0.383 bits per heavy atom. The Morgan fingerprint density at radius 3 is 1.60 bits per heavy atom. The molecule has 5 heteroatoms. The van der Waals surface area contributed by atoms with E-state index in [0.717, 1.165) is 72.4 Å². The quantitative estimate of drug-likeness (QED) is 0.189. The molecule has 0 fully saturated rings. The molecule has 0 atom stereocenters. The average molecular weight is 612 g/mol. The first kappa shape index (κ1) is 27.1. The topological polar surface area (TPSA) is 13.1 Å². The number of anilines is 3. The number of hydrogen-bond donors (Lipinski definition) is 0. The first-order valence-corrected chi connectivity index (χ1v) is 15.6. The molecule has 224 valence electrons. The summed E-state index contributed by atoms with van der Waals surface area (Å²) in [6, 6.07) is 53.3. The first-order valence-electron chi connectivity index (χ1n) is 15.6. The first-order chi connectivity index (χ1) is 23.2. The van der Waals surface area contributed by atoms with Crippen LogP contribution in [0.25, 0.3) is 55.0 Å². The number of para-hydroxylation sites is 5. The minimum absolute atomic E-state index is 0.394. The normalized spacial score (nSPS) is 11.6. The average Bonchev–Trinajstić information content (AvgIpc) is 3.62. The molecule has 0 aliphatic heterocycles. The van der Waals surface area contributed by atoms with Gasteiger partial charge in [0.05, 0.1) is 33.4 Å². The summed E-state index contributed by atoms with van der Waals surface area (Å²) in [6.07, 6.45) is 0. The van der Waals surface area contributed by atoms with Crippen LogP contribution in [0.5, 0.6) is 0 Å². The van der Waals surface area contributed by atoms with Crippen molar-refractivity contribution in [3.63, 3.8) is 0 Å². The van der Waals surface area contributed by atoms with Gasteiger partial charge in [-0.2, -0.15) is 0 Å². The van der Waals surface area contributed by atoms with Gasteiger partial charge in [0, 0.05) is 44.7 Å². The van der Waals surface area contributed by atoms with E-state index in [-0.39, 0.29) is 0 Å². The molecule has 0 N–H and O–H groups in total. The third-order valence-electron chi connectivity index (χ3n) is 8.96. The SMILES string of the molecule is Fc1cc(F)cc(N(c2ccc3c(c2)c2ccccc2n3-c2ccccc2)c2cccc3c4ccccc4n(-c4ccccc4)c23)c1. The largest absolute Gasteiger partial charge is 0.309 e. The Bertz CT molecular complexity index is 2580. The van der Waals surface area contributed by atoms with Crippen LogP contribution in [0.4, 0.5) is 25.8 Å². The third kappa shape index (κ3) is 4.32. The van der Waals surface area contributed by atoms with Crippen LogP contribution in [0.2, 0.25) is 0 Å². The molecular weight excluding hydrogens is 584 g/mol. The maximum absolute atomic E-state index is 15.0. The summed E-state index contributed by atoms with van der Waals surface area (Å²) in [5, 5.41) is 4.28. The highest BCUT2D eigenvalue weighted by molar-refractivity contribution is 6.15. The molecule has 0 unspecified atom stereocenters. The van der Waals surface area contributed by atoms with E-state index in [4.69, 9.17) is 0 Å². The summed E-state index contributed by atoms with van der Waals surface area (Å²) in [5.41, 5.74) is 8.17. The number of aromatic nitrogens is 2. The summed E-state index contributed by atoms with van der Waals surface area (Å²) in [4.78, 5) is 1.97. The zero-order valence-electron chi connectivity index (χ0n) is 25.2. The molecular formula is C42H27F2N3. The fraction of sp³-hybridized carbons (Fsp3) is 0. The van der Waals surface area contributed by atoms with Crippen LogP contribution >= 0.6 is 0 Å². The van der Waals surface area contributed by atoms with Crippen molar-refractivity contribution in [2.75, 3.05) is 4.90 Å². The Hall–Kier alpha value is -6.20. The molecule has 0 aliphatic rings. The van der Waals surface area contributed by atoms with Crippen molar-refractivity contribution in [1.29, 1.82) is 0 Å². The second kappa shape index (κ2) is 10.7. The summed E-state index contributed by atoms with van der Waals surface area (Å²) in [7, 11) is 0. The number of benzene rings is 7. The molecule has 0 saturated carbocycles. The van der Waals surface area contributed by atoms with Crippen molar-refractivity contribution in [3.05, 3.63) is 175 Å². The van der Waals surface area contributed by atoms with Crippen molar-refractivity contribution in [2.24, 2.45) is 0 Å². The fourth-order valence-electron chi connectivity index (χ4n) is 7.08. The second-order valence-electron chi connectivity index (χ2n) is 11.7. The van der Waals surface area contributed by atoms with Gasteiger partial charge < -0.3 is 14.0 Å². The molecule has 0 spiro atoms. The fourth-order valence-corrected chi connectivity index (χ4v) is 7.08. The number of hydrogen-bond acceptors (Lipinski definition) is 1. The van der Waals surface area contributed by atoms with Gasteiger partial charge >= 0.3 is 0 Å². The molecule has 0 saturated heterocycles. The smallest absolute Gasteiger partial charge is 0.128 e. The van der Waals surface area contributed by atoms with Gasteiger partial charge in [-0.05, 0) is 72.8 Å². The second-order valence-corrected chi connectivity index (χ2v) is 11.7. The van der Waals surface area contributed by atoms with Gasteiger partial charge in [-0.3, -0.25) is 0 Å². The molecule has 7 aromatic carbocycles. The van der Waals surface area contributed by atoms with Crippen molar-refractivity contribution in [3.8, 4) is 11.4 Å². The number of nitrogens with zero attached hydrogens (tertiary/aromatic N) is 3. The van der Waals surface area contributed by atoms with Crippen LogP contribution in [0.1, 0.15) is 0 Å². The summed E-state index contributed by atoms with van der Waals surface area (Å²) in [6.45, 7) is 0. The van der Waals surface area contributed by atoms with Crippen molar-refractivity contribution in [1.82, 2.24) is 9.13 Å². The number of halogens is 2. The van der Waals surface area contributed by atoms with Crippen LogP contribution in [0.3, 0.4) is 0 Å². The lowest BCUT2D eigenvalue weighted by Gasteiger charge is -2.27. The lowest BCUT2D eigenvalue weighted by molar-refractivity contribution is 0.584. The van der Waals surface area contributed by atoms with Gasteiger partial charge in [-0.1, -0.05) is 84.9 Å². The van der Waals surface area contributed by atoms with E-state index < -0.39 is 11.6 Å². The Balaban J connectivity index is 1.38. The molecule has 47 heavy (non-hydrogen) atoms. The van der Waals surface area contributed by atoms with Crippen LogP contribution in [0.15, 0.2) is 164 Å². The van der Waals surface area contributed by atoms with E-state index in [2.05, 4.69) is 75.9 Å². The summed E-state index contributed by atoms with van der Waals surface area (Å²) >= 11 is 0. The predicted molar refractivity (Wildman–Crippen MR) is 190 cm³/mol. The zero-order valence-corrected chi connectivity index (χ0v) is 25.2. The van der Waals surface area contributed by atoms with Gasteiger partial charge in [0.1, 0.15) is 11.6 Å². The summed E-state index contributed by atoms with van der Waals surface area (Å²) < 4.78 is 34.5. The highest BCUT2D eigenvalue weighted by atomic mass is 19.1. The maximum atomic E-state index is 15.0. The monoisotopic (exact) mass is 611 g/mol. The predicted octanol–water partition coefficient (Wildman–Crippen LogP) is 11.6. The molecule has 9 aromatic rings. The molecule has 0 radical (unpaired) electrons. The molecule has 3 nitrogen and oxygen atoms in total. The van der Waals surface area contributed by atoms with Crippen LogP contribution in [0, 0.1) is 11.6 Å².